The van der Waals surface area contributed by atoms with Gasteiger partial charge in [-0.2, -0.15) is 18.2 Å². The molecular weight excluding hydrogens is 469 g/mol. The number of pyridine rings is 1. The van der Waals surface area contributed by atoms with Gasteiger partial charge in [-0.1, -0.05) is 17.3 Å². The third-order valence-corrected chi connectivity index (χ3v) is 5.75. The highest BCUT2D eigenvalue weighted by Crippen LogP contribution is 2.31. The molecule has 1 saturated heterocycles. The van der Waals surface area contributed by atoms with Crippen molar-refractivity contribution >= 4 is 23.3 Å². The number of benzene rings is 1. The molecule has 0 saturated carbocycles. The van der Waals surface area contributed by atoms with Gasteiger partial charge in [0.1, 0.15) is 17.4 Å². The summed E-state index contributed by atoms with van der Waals surface area (Å²) in [4.78, 5) is 33.1. The van der Waals surface area contributed by atoms with E-state index in [0.717, 1.165) is 28.8 Å². The lowest BCUT2D eigenvalue weighted by Crippen LogP contribution is -2.53. The number of carbonyl (C=O) groups excluding carboxylic acids is 2. The van der Waals surface area contributed by atoms with Gasteiger partial charge in [0.2, 0.25) is 11.7 Å². The summed E-state index contributed by atoms with van der Waals surface area (Å²) in [7, 11) is 0. The Morgan fingerprint density at radius 3 is 2.69 bits per heavy atom. The monoisotopic (exact) mass is 485 g/mol. The number of nitrogens with zero attached hydrogens (tertiary/aromatic N) is 5. The second-order valence-corrected chi connectivity index (χ2v) is 8.09. The van der Waals surface area contributed by atoms with Crippen molar-refractivity contribution in [3.63, 3.8) is 0 Å². The summed E-state index contributed by atoms with van der Waals surface area (Å²) in [5.41, 5.74) is 0.894. The van der Waals surface area contributed by atoms with Gasteiger partial charge in [0.25, 0.3) is 5.91 Å². The molecule has 0 spiro atoms. The number of alkyl halides is 3. The van der Waals surface area contributed by atoms with Crippen molar-refractivity contribution in [1.29, 1.82) is 0 Å². The number of amides is 2. The largest absolute Gasteiger partial charge is 0.530 e. The van der Waals surface area contributed by atoms with Gasteiger partial charge in [0.05, 0.1) is 17.7 Å². The van der Waals surface area contributed by atoms with Gasteiger partial charge in [-0.15, -0.1) is 0 Å². The predicted octanol–water partition coefficient (Wildman–Crippen LogP) is 2.71. The standard InChI is InChI=1S/C22H17F3N6O4/c1-11-2-3-12(18-28-20(35-29-18)13-9-30(10-13)21(33)34)6-15(11)27-19(32)16-8-26-17-7-14(22(23,24)25)4-5-31(16)17/h2-8,13H,9-10H2,1H3,(H,27,32)(H,33,34)/p-1. The molecule has 4 aromatic rings. The summed E-state index contributed by atoms with van der Waals surface area (Å²) in [6.07, 6.45) is -3.43. The highest BCUT2D eigenvalue weighted by atomic mass is 19.4. The van der Waals surface area contributed by atoms with Crippen molar-refractivity contribution in [1.82, 2.24) is 24.4 Å². The maximum Gasteiger partial charge on any atom is 0.416 e. The molecule has 0 aliphatic carbocycles. The normalized spacial score (nSPS) is 14.2. The minimum atomic E-state index is -4.52. The summed E-state index contributed by atoms with van der Waals surface area (Å²) in [5, 5.41) is 17.5. The summed E-state index contributed by atoms with van der Waals surface area (Å²) >= 11 is 0. The van der Waals surface area contributed by atoms with E-state index in [1.54, 1.807) is 25.1 Å². The molecule has 0 unspecified atom stereocenters. The molecule has 4 heterocycles. The molecule has 0 atom stereocenters. The summed E-state index contributed by atoms with van der Waals surface area (Å²) in [6.45, 7) is 2.19. The topological polar surface area (TPSA) is 129 Å². The third-order valence-electron chi connectivity index (χ3n) is 5.75. The Morgan fingerprint density at radius 1 is 1.20 bits per heavy atom. The van der Waals surface area contributed by atoms with E-state index in [1.165, 1.54) is 10.6 Å². The van der Waals surface area contributed by atoms with Crippen molar-refractivity contribution in [2.24, 2.45) is 0 Å². The number of hydrogen-bond acceptors (Lipinski definition) is 7. The first kappa shape index (κ1) is 22.4. The number of imidazole rings is 1. The zero-order chi connectivity index (χ0) is 24.9. The van der Waals surface area contributed by atoms with Gasteiger partial charge in [0, 0.05) is 30.5 Å². The van der Waals surface area contributed by atoms with Crippen LogP contribution in [-0.4, -0.2) is 49.5 Å². The Labute approximate surface area is 195 Å². The Bertz CT molecular complexity index is 1460. The fourth-order valence-corrected chi connectivity index (χ4v) is 3.71. The molecule has 1 aliphatic rings. The number of rotatable bonds is 4. The van der Waals surface area contributed by atoms with Gasteiger partial charge < -0.3 is 24.6 Å². The minimum Gasteiger partial charge on any atom is -0.530 e. The van der Waals surface area contributed by atoms with Crippen LogP contribution in [0.5, 0.6) is 0 Å². The van der Waals surface area contributed by atoms with Crippen molar-refractivity contribution in [3.8, 4) is 11.4 Å². The first-order valence-electron chi connectivity index (χ1n) is 10.4. The molecule has 5 rings (SSSR count). The minimum absolute atomic E-state index is 0.0111. The van der Waals surface area contributed by atoms with Crippen LogP contribution in [0.3, 0.4) is 0 Å². The van der Waals surface area contributed by atoms with E-state index < -0.39 is 23.7 Å². The van der Waals surface area contributed by atoms with Crippen molar-refractivity contribution < 1.29 is 32.4 Å². The van der Waals surface area contributed by atoms with Crippen molar-refractivity contribution in [2.45, 2.75) is 19.0 Å². The van der Waals surface area contributed by atoms with E-state index in [-0.39, 0.29) is 36.2 Å². The molecule has 1 aliphatic heterocycles. The van der Waals surface area contributed by atoms with Gasteiger partial charge in [-0.05, 0) is 30.7 Å². The zero-order valence-corrected chi connectivity index (χ0v) is 18.0. The quantitative estimate of drug-likeness (QED) is 0.471. The number of anilines is 1. The van der Waals surface area contributed by atoms with Gasteiger partial charge in [0.15, 0.2) is 0 Å². The number of carbonyl (C=O) groups is 2. The van der Waals surface area contributed by atoms with Crippen LogP contribution in [0, 0.1) is 6.92 Å². The Morgan fingerprint density at radius 2 is 1.97 bits per heavy atom. The second kappa shape index (κ2) is 8.11. The van der Waals surface area contributed by atoms with Crippen LogP contribution in [-0.2, 0) is 6.18 Å². The van der Waals surface area contributed by atoms with E-state index in [9.17, 15) is 27.9 Å². The average Bonchev–Trinajstić information content (AvgIpc) is 3.40. The smallest absolute Gasteiger partial charge is 0.416 e. The molecule has 0 radical (unpaired) electrons. The SMILES string of the molecule is Cc1ccc(-c2noc(C3CN(C(=O)[O-])C3)n2)cc1NC(=O)c1cnc2cc(C(F)(F)F)ccn12. The lowest BCUT2D eigenvalue weighted by atomic mass is 10.0. The van der Waals surface area contributed by atoms with Crippen LogP contribution >= 0.6 is 0 Å². The van der Waals surface area contributed by atoms with Crippen LogP contribution in [0.1, 0.15) is 33.4 Å². The van der Waals surface area contributed by atoms with Gasteiger partial charge in [-0.3, -0.25) is 9.20 Å². The number of fused-ring (bicyclic) bond motifs is 1. The molecular formula is C22H16F3N6O4-. The number of aryl methyl sites for hydroxylation is 1. The maximum absolute atomic E-state index is 12.9. The van der Waals surface area contributed by atoms with Crippen molar-refractivity contribution in [3.05, 3.63) is 65.4 Å². The molecule has 1 aromatic carbocycles. The van der Waals surface area contributed by atoms with E-state index >= 15 is 0 Å². The molecule has 35 heavy (non-hydrogen) atoms. The summed E-state index contributed by atoms with van der Waals surface area (Å²) in [6, 6.07) is 6.86. The van der Waals surface area contributed by atoms with E-state index in [0.29, 0.717) is 17.1 Å². The number of hydrogen-bond donors (Lipinski definition) is 1. The number of carboxylic acid groups (broad SMARTS) is 1. The molecule has 180 valence electrons. The molecule has 2 amide bonds. The van der Waals surface area contributed by atoms with Crippen molar-refractivity contribution in [2.75, 3.05) is 18.4 Å². The highest BCUT2D eigenvalue weighted by molar-refractivity contribution is 6.04. The summed E-state index contributed by atoms with van der Waals surface area (Å²) in [5.74, 6) is -0.223. The number of nitrogens with one attached hydrogen (secondary N) is 1. The van der Waals surface area contributed by atoms with Gasteiger partial charge in [-0.25, -0.2) is 4.98 Å². The number of halogens is 3. The van der Waals surface area contributed by atoms with Crippen LogP contribution in [0.2, 0.25) is 0 Å². The Balaban J connectivity index is 1.35. The maximum atomic E-state index is 12.9. The zero-order valence-electron chi connectivity index (χ0n) is 18.0. The van der Waals surface area contributed by atoms with E-state index in [2.05, 4.69) is 20.4 Å². The second-order valence-electron chi connectivity index (χ2n) is 8.09. The third kappa shape index (κ3) is 4.16. The summed E-state index contributed by atoms with van der Waals surface area (Å²) < 4.78 is 45.4. The Kier molecular flexibility index (Phi) is 5.19. The fraction of sp³-hybridized carbons (Fsp3) is 0.227. The number of likely N-dealkylation sites (tertiary alicyclic amines) is 1. The molecule has 3 aromatic heterocycles. The highest BCUT2D eigenvalue weighted by Gasteiger charge is 2.33. The van der Waals surface area contributed by atoms with Crippen LogP contribution in [0.25, 0.3) is 17.0 Å². The molecule has 1 N–H and O–H groups in total. The molecule has 13 heteroatoms. The number of aromatic nitrogens is 4. The van der Waals surface area contributed by atoms with Gasteiger partial charge >= 0.3 is 6.18 Å². The van der Waals surface area contributed by atoms with Crippen LogP contribution in [0.4, 0.5) is 23.7 Å². The molecule has 10 nitrogen and oxygen atoms in total. The average molecular weight is 485 g/mol. The lowest BCUT2D eigenvalue weighted by Gasteiger charge is -2.38. The Hall–Kier alpha value is -4.42. The van der Waals surface area contributed by atoms with Crippen LogP contribution < -0.4 is 10.4 Å². The molecule has 0 bridgehead atoms. The molecule has 1 fully saturated rings. The lowest BCUT2D eigenvalue weighted by molar-refractivity contribution is -0.270. The van der Waals surface area contributed by atoms with E-state index in [1.807, 2.05) is 0 Å². The predicted molar refractivity (Wildman–Crippen MR) is 112 cm³/mol. The van der Waals surface area contributed by atoms with E-state index in [4.69, 9.17) is 4.52 Å². The first-order valence-corrected chi connectivity index (χ1v) is 10.4. The van der Waals surface area contributed by atoms with Crippen LogP contribution in [0.15, 0.2) is 47.2 Å². The fourth-order valence-electron chi connectivity index (χ4n) is 3.71. The first-order chi connectivity index (χ1) is 16.6.